The first-order chi connectivity index (χ1) is 21.1. The van der Waals surface area contributed by atoms with Gasteiger partial charge in [-0.3, -0.25) is 0 Å². The molecular formula is C30H28Cl2F2N8O2. The summed E-state index contributed by atoms with van der Waals surface area (Å²) >= 11 is 12.4. The quantitative estimate of drug-likeness (QED) is 0.263. The lowest BCUT2D eigenvalue weighted by Crippen LogP contribution is -2.46. The fourth-order valence-electron chi connectivity index (χ4n) is 5.57. The van der Waals surface area contributed by atoms with Gasteiger partial charge in [-0.05, 0) is 55.5 Å². The molecule has 0 radical (unpaired) electrons. The Morgan fingerprint density at radius 3 is 2.11 bits per heavy atom. The van der Waals surface area contributed by atoms with Crippen LogP contribution in [0.1, 0.15) is 18.5 Å². The zero-order valence-corrected chi connectivity index (χ0v) is 25.1. The molecule has 1 fully saturated rings. The molecule has 2 unspecified atom stereocenters. The summed E-state index contributed by atoms with van der Waals surface area (Å²) in [5.41, 5.74) is -0.225. The summed E-state index contributed by atoms with van der Waals surface area (Å²) < 4.78 is 32.4. The Morgan fingerprint density at radius 1 is 0.864 bits per heavy atom. The van der Waals surface area contributed by atoms with Crippen LogP contribution < -0.4 is 15.5 Å². The topological polar surface area (TPSA) is 97.2 Å². The smallest absolute Gasteiger partial charge is 0.350 e. The summed E-state index contributed by atoms with van der Waals surface area (Å²) in [5.74, 6) is -1.75. The summed E-state index contributed by atoms with van der Waals surface area (Å²) in [6.07, 6.45) is 3.97. The number of aliphatic hydroxyl groups is 1. The number of benzene rings is 3. The fraction of sp³-hybridized carbons (Fsp3) is 0.267. The van der Waals surface area contributed by atoms with Gasteiger partial charge in [0.25, 0.3) is 0 Å². The van der Waals surface area contributed by atoms with Gasteiger partial charge in [-0.1, -0.05) is 29.3 Å². The zero-order valence-electron chi connectivity index (χ0n) is 23.6. The van der Waals surface area contributed by atoms with Crippen molar-refractivity contribution < 1.29 is 13.9 Å². The van der Waals surface area contributed by atoms with Crippen LogP contribution in [0, 0.1) is 11.6 Å². The Bertz CT molecular complexity index is 1800. The molecule has 14 heteroatoms. The third kappa shape index (κ3) is 5.80. The van der Waals surface area contributed by atoms with Crippen LogP contribution in [-0.4, -0.2) is 60.4 Å². The van der Waals surface area contributed by atoms with Crippen molar-refractivity contribution in [3.8, 4) is 5.69 Å². The Hall–Kier alpha value is -4.26. The van der Waals surface area contributed by atoms with E-state index in [1.54, 1.807) is 13.0 Å². The van der Waals surface area contributed by atoms with Crippen LogP contribution in [0.2, 0.25) is 10.0 Å². The number of nitrogens with zero attached hydrogens (tertiary/aromatic N) is 8. The highest BCUT2D eigenvalue weighted by Gasteiger charge is 2.42. The molecule has 228 valence electrons. The highest BCUT2D eigenvalue weighted by Crippen LogP contribution is 2.36. The molecule has 2 aromatic heterocycles. The van der Waals surface area contributed by atoms with Gasteiger partial charge in [-0.25, -0.2) is 32.5 Å². The number of hydrogen-bond donors (Lipinski definition) is 1. The van der Waals surface area contributed by atoms with Crippen molar-refractivity contribution in [1.82, 2.24) is 29.1 Å². The van der Waals surface area contributed by atoms with E-state index in [2.05, 4.69) is 25.0 Å². The number of halogens is 4. The van der Waals surface area contributed by atoms with E-state index in [0.29, 0.717) is 21.8 Å². The maximum Gasteiger partial charge on any atom is 0.350 e. The summed E-state index contributed by atoms with van der Waals surface area (Å²) in [6, 6.07) is 14.8. The first kappa shape index (κ1) is 29.8. The molecule has 0 amide bonds. The van der Waals surface area contributed by atoms with E-state index in [1.807, 2.05) is 36.4 Å². The van der Waals surface area contributed by atoms with Crippen LogP contribution in [0.4, 0.5) is 20.2 Å². The maximum atomic E-state index is 15.0. The minimum atomic E-state index is -2.03. The van der Waals surface area contributed by atoms with Gasteiger partial charge in [0.05, 0.1) is 18.3 Å². The molecule has 1 aliphatic rings. The van der Waals surface area contributed by atoms with Gasteiger partial charge in [0.1, 0.15) is 36.2 Å². The fourth-order valence-corrected chi connectivity index (χ4v) is 6.09. The highest BCUT2D eigenvalue weighted by atomic mass is 35.5. The van der Waals surface area contributed by atoms with Gasteiger partial charge in [-0.15, -0.1) is 0 Å². The van der Waals surface area contributed by atoms with Gasteiger partial charge < -0.3 is 14.9 Å². The lowest BCUT2D eigenvalue weighted by molar-refractivity contribution is -0.0381. The molecule has 2 atom stereocenters. The van der Waals surface area contributed by atoms with E-state index in [0.717, 1.165) is 54.4 Å². The lowest BCUT2D eigenvalue weighted by atomic mass is 9.86. The van der Waals surface area contributed by atoms with E-state index in [9.17, 15) is 18.7 Å². The average molecular weight is 642 g/mol. The summed E-state index contributed by atoms with van der Waals surface area (Å²) in [5, 5.41) is 21.3. The zero-order chi connectivity index (χ0) is 31.0. The van der Waals surface area contributed by atoms with Crippen molar-refractivity contribution in [2.45, 2.75) is 25.1 Å². The SMILES string of the molecule is CC(n1ncn(-c2ccc(N3CCN(c4cc(Cl)cc(Cl)c4)CC3)cc2)c1=O)C(O)(Cn1cncn1)c1ccc(F)cc1F. The molecule has 0 aliphatic carbocycles. The van der Waals surface area contributed by atoms with Crippen LogP contribution in [0.25, 0.3) is 5.69 Å². The predicted molar refractivity (Wildman–Crippen MR) is 164 cm³/mol. The molecule has 1 N–H and O–H groups in total. The van der Waals surface area contributed by atoms with Gasteiger partial charge in [0, 0.05) is 59.2 Å². The summed E-state index contributed by atoms with van der Waals surface area (Å²) in [6.45, 7) is 4.41. The first-order valence-electron chi connectivity index (χ1n) is 13.9. The summed E-state index contributed by atoms with van der Waals surface area (Å²) in [7, 11) is 0. The van der Waals surface area contributed by atoms with Crippen molar-refractivity contribution in [3.05, 3.63) is 117 Å². The molecule has 10 nitrogen and oxygen atoms in total. The molecule has 3 aromatic carbocycles. The second-order valence-electron chi connectivity index (χ2n) is 10.7. The molecule has 1 saturated heterocycles. The number of anilines is 2. The maximum absolute atomic E-state index is 15.0. The van der Waals surface area contributed by atoms with Crippen LogP contribution >= 0.6 is 23.2 Å². The molecule has 1 aliphatic heterocycles. The minimum absolute atomic E-state index is 0.203. The Balaban J connectivity index is 1.21. The number of aromatic nitrogens is 6. The molecule has 5 aromatic rings. The number of piperazine rings is 1. The van der Waals surface area contributed by atoms with Gasteiger partial charge in [0.2, 0.25) is 0 Å². The van der Waals surface area contributed by atoms with E-state index >= 15 is 0 Å². The molecule has 0 spiro atoms. The lowest BCUT2D eigenvalue weighted by Gasteiger charge is -2.37. The molecule has 44 heavy (non-hydrogen) atoms. The van der Waals surface area contributed by atoms with Gasteiger partial charge in [0.15, 0.2) is 0 Å². The predicted octanol–water partition coefficient (Wildman–Crippen LogP) is 4.69. The molecule has 3 heterocycles. The Morgan fingerprint density at radius 2 is 1.50 bits per heavy atom. The number of hydrogen-bond acceptors (Lipinski definition) is 7. The minimum Gasteiger partial charge on any atom is -0.381 e. The Labute approximate surface area is 261 Å². The Kier molecular flexibility index (Phi) is 8.14. The normalized spacial score (nSPS) is 15.8. The molecule has 0 saturated carbocycles. The standard InChI is InChI=1S/C30H28Cl2F2N8O2/c1-20(30(44,16-40-18-35-17-36-40)27-7-2-23(33)15-28(27)34)42-29(43)41(19-37-42)25-5-3-24(4-6-25)38-8-10-39(11-9-38)26-13-21(31)12-22(32)14-26/h2-7,12-15,17-20,44H,8-11,16H2,1H3. The molecular weight excluding hydrogens is 613 g/mol. The van der Waals surface area contributed by atoms with Crippen LogP contribution in [0.5, 0.6) is 0 Å². The number of rotatable bonds is 8. The van der Waals surface area contributed by atoms with Crippen LogP contribution in [0.3, 0.4) is 0 Å². The average Bonchev–Trinajstić information content (AvgIpc) is 3.65. The monoisotopic (exact) mass is 640 g/mol. The van der Waals surface area contributed by atoms with E-state index in [-0.39, 0.29) is 12.1 Å². The van der Waals surface area contributed by atoms with E-state index < -0.39 is 29.0 Å². The van der Waals surface area contributed by atoms with Crippen molar-refractivity contribution in [3.63, 3.8) is 0 Å². The van der Waals surface area contributed by atoms with Crippen LogP contribution in [-0.2, 0) is 12.1 Å². The van der Waals surface area contributed by atoms with Crippen molar-refractivity contribution in [2.24, 2.45) is 0 Å². The first-order valence-corrected chi connectivity index (χ1v) is 14.6. The summed E-state index contributed by atoms with van der Waals surface area (Å²) in [4.78, 5) is 21.9. The van der Waals surface area contributed by atoms with Gasteiger partial charge >= 0.3 is 5.69 Å². The second kappa shape index (κ2) is 12.0. The largest absolute Gasteiger partial charge is 0.381 e. The van der Waals surface area contributed by atoms with E-state index in [4.69, 9.17) is 23.2 Å². The molecule has 6 rings (SSSR count). The third-order valence-electron chi connectivity index (χ3n) is 8.00. The third-order valence-corrected chi connectivity index (χ3v) is 8.44. The highest BCUT2D eigenvalue weighted by molar-refractivity contribution is 6.35. The second-order valence-corrected chi connectivity index (χ2v) is 11.5. The van der Waals surface area contributed by atoms with Crippen molar-refractivity contribution in [2.75, 3.05) is 36.0 Å². The van der Waals surface area contributed by atoms with Gasteiger partial charge in [-0.2, -0.15) is 10.2 Å². The van der Waals surface area contributed by atoms with Crippen LogP contribution in [0.15, 0.2) is 84.4 Å². The van der Waals surface area contributed by atoms with E-state index in [1.165, 1.54) is 28.2 Å². The van der Waals surface area contributed by atoms with Crippen molar-refractivity contribution in [1.29, 1.82) is 0 Å². The molecule has 0 bridgehead atoms. The van der Waals surface area contributed by atoms with Crippen molar-refractivity contribution >= 4 is 34.6 Å².